The predicted molar refractivity (Wildman–Crippen MR) is 109 cm³/mol. The van der Waals surface area contributed by atoms with E-state index in [4.69, 9.17) is 0 Å². The third kappa shape index (κ3) is 4.65. The van der Waals surface area contributed by atoms with Gasteiger partial charge in [-0.05, 0) is 69.4 Å². The molecule has 1 amide bonds. The first-order chi connectivity index (χ1) is 13.4. The summed E-state index contributed by atoms with van der Waals surface area (Å²) < 4.78 is 0. The third-order valence-electron chi connectivity index (χ3n) is 7.00. The number of aliphatic carboxylic acids is 1. The van der Waals surface area contributed by atoms with Crippen LogP contribution in [-0.4, -0.2) is 41.1 Å². The maximum Gasteiger partial charge on any atom is 0.308 e. The van der Waals surface area contributed by atoms with Crippen molar-refractivity contribution in [3.63, 3.8) is 0 Å². The first-order valence-electron chi connectivity index (χ1n) is 10.6. The largest absolute Gasteiger partial charge is 0.481 e. The van der Waals surface area contributed by atoms with E-state index in [1.807, 2.05) is 19.3 Å². The fraction of sp³-hybridized carbons (Fsp3) is 0.682. The Bertz CT molecular complexity index is 661. The number of nitrogens with zero attached hydrogens (tertiary/aromatic N) is 2. The zero-order valence-electron chi connectivity index (χ0n) is 17.1. The van der Waals surface area contributed by atoms with Crippen molar-refractivity contribution in [2.24, 2.45) is 17.3 Å². The van der Waals surface area contributed by atoms with E-state index in [0.29, 0.717) is 11.8 Å². The monoisotopic (exact) mass is 387 g/mol. The lowest BCUT2D eigenvalue weighted by Gasteiger charge is -2.46. The van der Waals surface area contributed by atoms with Crippen LogP contribution in [0.3, 0.4) is 0 Å². The zero-order valence-corrected chi connectivity index (χ0v) is 17.1. The van der Waals surface area contributed by atoms with E-state index in [0.717, 1.165) is 38.8 Å². The summed E-state index contributed by atoms with van der Waals surface area (Å²) in [6.45, 7) is 5.78. The van der Waals surface area contributed by atoms with E-state index < -0.39 is 11.9 Å². The quantitative estimate of drug-likeness (QED) is 0.781. The summed E-state index contributed by atoms with van der Waals surface area (Å²) in [4.78, 5) is 30.5. The Kier molecular flexibility index (Phi) is 6.57. The van der Waals surface area contributed by atoms with Gasteiger partial charge in [-0.25, -0.2) is 0 Å². The van der Waals surface area contributed by atoms with Crippen LogP contribution in [0.2, 0.25) is 0 Å². The number of aromatic nitrogens is 1. The van der Waals surface area contributed by atoms with Gasteiger partial charge in [0, 0.05) is 43.1 Å². The van der Waals surface area contributed by atoms with Crippen molar-refractivity contribution in [3.05, 3.63) is 24.5 Å². The molecule has 28 heavy (non-hydrogen) atoms. The predicted octanol–water partition coefficient (Wildman–Crippen LogP) is 3.47. The van der Waals surface area contributed by atoms with Crippen LogP contribution in [0.25, 0.3) is 0 Å². The van der Waals surface area contributed by atoms with E-state index in [-0.39, 0.29) is 17.9 Å². The van der Waals surface area contributed by atoms with Crippen LogP contribution < -0.4 is 10.2 Å². The number of piperidine rings is 1. The molecule has 1 saturated carbocycles. The van der Waals surface area contributed by atoms with Crippen LogP contribution in [0.4, 0.5) is 5.69 Å². The molecule has 0 radical (unpaired) electrons. The molecule has 1 aromatic rings. The summed E-state index contributed by atoms with van der Waals surface area (Å²) in [5.41, 5.74) is 1.62. The number of carbonyl (C=O) groups excluding carboxylic acids is 1. The van der Waals surface area contributed by atoms with E-state index in [2.05, 4.69) is 27.3 Å². The highest BCUT2D eigenvalue weighted by Gasteiger charge is 2.40. The Balaban J connectivity index is 1.48. The molecule has 2 aliphatic rings. The fourth-order valence-corrected chi connectivity index (χ4v) is 4.97. The molecule has 154 valence electrons. The topological polar surface area (TPSA) is 82.5 Å². The van der Waals surface area contributed by atoms with Crippen molar-refractivity contribution < 1.29 is 14.7 Å². The van der Waals surface area contributed by atoms with Gasteiger partial charge in [0.05, 0.1) is 5.92 Å². The highest BCUT2D eigenvalue weighted by Crippen LogP contribution is 2.46. The molecule has 1 aliphatic heterocycles. The molecule has 2 N–H and O–H groups in total. The average molecular weight is 388 g/mol. The standard InChI is InChI=1S/C22H33N3O3/c1-3-19(21(27)28)16(2)24-20(26)17-4-8-22(9-5-17)10-14-25(15-11-22)18-6-12-23-13-7-18/h6-7,12-13,16-17,19H,3-5,8-11,14-15H2,1-2H3,(H,24,26)(H,27,28). The summed E-state index contributed by atoms with van der Waals surface area (Å²) in [6, 6.07) is 3.82. The smallest absolute Gasteiger partial charge is 0.308 e. The fourth-order valence-electron chi connectivity index (χ4n) is 4.97. The Morgan fingerprint density at radius 2 is 1.82 bits per heavy atom. The van der Waals surface area contributed by atoms with Gasteiger partial charge in [0.1, 0.15) is 0 Å². The van der Waals surface area contributed by atoms with E-state index in [1.165, 1.54) is 18.5 Å². The van der Waals surface area contributed by atoms with Crippen molar-refractivity contribution in [1.29, 1.82) is 0 Å². The summed E-state index contributed by atoms with van der Waals surface area (Å²) in [6.07, 6.45) is 10.6. The molecule has 0 aromatic carbocycles. The minimum Gasteiger partial charge on any atom is -0.481 e. The van der Waals surface area contributed by atoms with Crippen molar-refractivity contribution in [3.8, 4) is 0 Å². The van der Waals surface area contributed by atoms with Gasteiger partial charge in [-0.1, -0.05) is 6.92 Å². The lowest BCUT2D eigenvalue weighted by molar-refractivity contribution is -0.143. The van der Waals surface area contributed by atoms with Gasteiger partial charge in [-0.2, -0.15) is 0 Å². The number of rotatable bonds is 6. The molecular weight excluding hydrogens is 354 g/mol. The van der Waals surface area contributed by atoms with Gasteiger partial charge in [0.15, 0.2) is 0 Å². The van der Waals surface area contributed by atoms with Crippen LogP contribution in [0, 0.1) is 17.3 Å². The molecule has 2 unspecified atom stereocenters. The molecule has 3 rings (SSSR count). The second-order valence-electron chi connectivity index (χ2n) is 8.62. The van der Waals surface area contributed by atoms with Crippen LogP contribution in [-0.2, 0) is 9.59 Å². The second-order valence-corrected chi connectivity index (χ2v) is 8.62. The minimum absolute atomic E-state index is 0.0256. The molecule has 2 atom stereocenters. The number of nitrogens with one attached hydrogen (secondary N) is 1. The number of carbonyl (C=O) groups is 2. The van der Waals surface area contributed by atoms with Crippen LogP contribution in [0.1, 0.15) is 58.8 Å². The number of carboxylic acid groups (broad SMARTS) is 1. The Hall–Kier alpha value is -2.11. The number of carboxylic acids is 1. The van der Waals surface area contributed by atoms with E-state index >= 15 is 0 Å². The van der Waals surface area contributed by atoms with E-state index in [9.17, 15) is 14.7 Å². The summed E-state index contributed by atoms with van der Waals surface area (Å²) in [5.74, 6) is -1.29. The molecule has 1 saturated heterocycles. The summed E-state index contributed by atoms with van der Waals surface area (Å²) in [5, 5.41) is 12.2. The lowest BCUT2D eigenvalue weighted by Crippen LogP contribution is -2.46. The molecule has 1 aromatic heterocycles. The van der Waals surface area contributed by atoms with Gasteiger partial charge in [0.25, 0.3) is 0 Å². The van der Waals surface area contributed by atoms with Crippen molar-refractivity contribution in [1.82, 2.24) is 10.3 Å². The molecular formula is C22H33N3O3. The molecule has 2 heterocycles. The Labute approximate surface area is 167 Å². The number of pyridine rings is 1. The molecule has 0 bridgehead atoms. The van der Waals surface area contributed by atoms with Crippen molar-refractivity contribution >= 4 is 17.6 Å². The first-order valence-corrected chi connectivity index (χ1v) is 10.6. The SMILES string of the molecule is CCC(C(=O)O)C(C)NC(=O)C1CCC2(CC1)CCN(c1ccncc1)CC2. The van der Waals surface area contributed by atoms with Crippen molar-refractivity contribution in [2.75, 3.05) is 18.0 Å². The number of anilines is 1. The van der Waals surface area contributed by atoms with Crippen LogP contribution in [0.5, 0.6) is 0 Å². The van der Waals surface area contributed by atoms with Gasteiger partial charge < -0.3 is 15.3 Å². The summed E-state index contributed by atoms with van der Waals surface area (Å²) >= 11 is 0. The lowest BCUT2D eigenvalue weighted by atomic mass is 9.65. The number of hydrogen-bond donors (Lipinski definition) is 2. The minimum atomic E-state index is -0.834. The average Bonchev–Trinajstić information content (AvgIpc) is 2.70. The third-order valence-corrected chi connectivity index (χ3v) is 7.00. The highest BCUT2D eigenvalue weighted by molar-refractivity contribution is 5.80. The highest BCUT2D eigenvalue weighted by atomic mass is 16.4. The zero-order chi connectivity index (χ0) is 20.1. The van der Waals surface area contributed by atoms with Crippen LogP contribution in [0.15, 0.2) is 24.5 Å². The Morgan fingerprint density at radius 1 is 1.21 bits per heavy atom. The molecule has 1 spiro atoms. The van der Waals surface area contributed by atoms with Crippen molar-refractivity contribution in [2.45, 2.75) is 64.8 Å². The van der Waals surface area contributed by atoms with E-state index in [1.54, 1.807) is 6.92 Å². The number of hydrogen-bond acceptors (Lipinski definition) is 4. The number of amides is 1. The molecule has 6 heteroatoms. The molecule has 1 aliphatic carbocycles. The maximum absolute atomic E-state index is 12.6. The Morgan fingerprint density at radius 3 is 2.36 bits per heavy atom. The second kappa shape index (κ2) is 8.93. The first kappa shape index (κ1) is 20.6. The van der Waals surface area contributed by atoms with Gasteiger partial charge in [-0.15, -0.1) is 0 Å². The van der Waals surface area contributed by atoms with Crippen LogP contribution >= 0.6 is 0 Å². The molecule has 2 fully saturated rings. The van der Waals surface area contributed by atoms with Gasteiger partial charge in [-0.3, -0.25) is 14.6 Å². The normalized spacial score (nSPS) is 21.9. The maximum atomic E-state index is 12.6. The van der Waals surface area contributed by atoms with Gasteiger partial charge >= 0.3 is 5.97 Å². The summed E-state index contributed by atoms with van der Waals surface area (Å²) in [7, 11) is 0. The molecule has 6 nitrogen and oxygen atoms in total. The van der Waals surface area contributed by atoms with Gasteiger partial charge in [0.2, 0.25) is 5.91 Å².